The first-order valence-corrected chi connectivity index (χ1v) is 6.13. The van der Waals surface area contributed by atoms with E-state index in [1.807, 2.05) is 0 Å². The Hall–Kier alpha value is -1.08. The molecule has 0 aliphatic heterocycles. The van der Waals surface area contributed by atoms with Crippen LogP contribution in [0, 0.1) is 13.8 Å². The molecule has 0 amide bonds. The van der Waals surface area contributed by atoms with Gasteiger partial charge in [-0.15, -0.1) is 0 Å². The smallest absolute Gasteiger partial charge is 0.0388 e. The predicted octanol–water partition coefficient (Wildman–Crippen LogP) is 1.64. The third-order valence-corrected chi connectivity index (χ3v) is 4.26. The number of hydrogen-bond acceptors (Lipinski definition) is 0. The fourth-order valence-corrected chi connectivity index (χ4v) is 2.49. The molecule has 1 aliphatic carbocycles. The van der Waals surface area contributed by atoms with Crippen LogP contribution in [0.25, 0.3) is 5.57 Å². The van der Waals surface area contributed by atoms with E-state index in [0.717, 1.165) is 16.7 Å². The molecular formula is C13H16Si. The molecule has 0 unspecified atom stereocenters. The van der Waals surface area contributed by atoms with Gasteiger partial charge >= 0.3 is 0 Å². The van der Waals surface area contributed by atoms with Gasteiger partial charge in [-0.2, -0.15) is 0 Å². The van der Waals surface area contributed by atoms with E-state index >= 15 is 0 Å². The normalized spacial score (nSPS) is 14.9. The molecule has 0 N–H and O–H groups in total. The van der Waals surface area contributed by atoms with Crippen LogP contribution in [-0.2, 0) is 0 Å². The summed E-state index contributed by atoms with van der Waals surface area (Å²) in [6.45, 7) is 4.48. The van der Waals surface area contributed by atoms with Crippen LogP contribution in [0.1, 0.15) is 23.1 Å². The summed E-state index contributed by atoms with van der Waals surface area (Å²) in [7, 11) is 1.15. The number of rotatable bonds is 1. The maximum Gasteiger partial charge on any atom is 0.0388 e. The number of allylic oxidation sites excluding steroid dienone is 4. The average molecular weight is 200 g/mol. The van der Waals surface area contributed by atoms with Gasteiger partial charge in [-0.05, 0) is 42.5 Å². The quantitative estimate of drug-likeness (QED) is 0.605. The molecule has 2 rings (SSSR count). The van der Waals surface area contributed by atoms with Crippen molar-refractivity contribution >= 4 is 21.0 Å². The van der Waals surface area contributed by atoms with E-state index in [4.69, 9.17) is 0 Å². The van der Waals surface area contributed by atoms with Crippen molar-refractivity contribution in [1.29, 1.82) is 0 Å². The van der Waals surface area contributed by atoms with Crippen LogP contribution in [0.3, 0.4) is 0 Å². The molecule has 0 atom stereocenters. The zero-order valence-electron chi connectivity index (χ0n) is 9.09. The Morgan fingerprint density at radius 2 is 1.93 bits per heavy atom. The Bertz CT molecular complexity index is 425. The van der Waals surface area contributed by atoms with E-state index in [9.17, 15) is 0 Å². The molecule has 1 aromatic rings. The molecule has 0 aromatic heterocycles. The summed E-state index contributed by atoms with van der Waals surface area (Å²) in [6, 6.07) is 4.56. The summed E-state index contributed by atoms with van der Waals surface area (Å²) in [5.41, 5.74) is 5.86. The van der Waals surface area contributed by atoms with Crippen molar-refractivity contribution < 1.29 is 0 Å². The Morgan fingerprint density at radius 3 is 2.57 bits per heavy atom. The summed E-state index contributed by atoms with van der Waals surface area (Å²) >= 11 is 0. The highest BCUT2D eigenvalue weighted by molar-refractivity contribution is 6.33. The summed E-state index contributed by atoms with van der Waals surface area (Å²) in [5, 5.41) is 1.53. The third kappa shape index (κ3) is 1.48. The summed E-state index contributed by atoms with van der Waals surface area (Å²) < 4.78 is 0. The van der Waals surface area contributed by atoms with Crippen molar-refractivity contribution in [2.75, 3.05) is 0 Å². The standard InChI is InChI=1S/C13H16Si/c1-9-10(2)13(14)8-7-12(9)11-5-3-4-6-11/h3-5,7-8H,6H2,1-2,14H3. The lowest BCUT2D eigenvalue weighted by molar-refractivity contribution is 1.31. The van der Waals surface area contributed by atoms with E-state index in [-0.39, 0.29) is 0 Å². The fraction of sp³-hybridized carbons (Fsp3) is 0.231. The van der Waals surface area contributed by atoms with Crippen LogP contribution in [0.4, 0.5) is 0 Å². The molecule has 1 aliphatic rings. The van der Waals surface area contributed by atoms with E-state index in [0.29, 0.717) is 0 Å². The maximum atomic E-state index is 2.28. The number of benzene rings is 1. The minimum absolute atomic E-state index is 1.10. The average Bonchev–Trinajstić information content (AvgIpc) is 2.67. The Balaban J connectivity index is 2.50. The highest BCUT2D eigenvalue weighted by Crippen LogP contribution is 2.26. The molecule has 0 heterocycles. The molecule has 0 saturated carbocycles. The van der Waals surface area contributed by atoms with E-state index in [1.54, 1.807) is 0 Å². The first kappa shape index (κ1) is 9.47. The van der Waals surface area contributed by atoms with Gasteiger partial charge in [0, 0.05) is 10.2 Å². The lowest BCUT2D eigenvalue weighted by atomic mass is 9.96. The van der Waals surface area contributed by atoms with Crippen LogP contribution in [0.15, 0.2) is 30.4 Å². The van der Waals surface area contributed by atoms with Gasteiger partial charge < -0.3 is 0 Å². The van der Waals surface area contributed by atoms with Crippen molar-refractivity contribution in [2.24, 2.45) is 0 Å². The Morgan fingerprint density at radius 1 is 1.14 bits per heavy atom. The molecule has 0 spiro atoms. The molecular weight excluding hydrogens is 184 g/mol. The van der Waals surface area contributed by atoms with Crippen LogP contribution in [-0.4, -0.2) is 10.2 Å². The van der Waals surface area contributed by atoms with Crippen LogP contribution >= 0.6 is 0 Å². The van der Waals surface area contributed by atoms with Crippen molar-refractivity contribution in [3.8, 4) is 0 Å². The largest absolute Gasteiger partial charge is 0.0801 e. The van der Waals surface area contributed by atoms with Crippen molar-refractivity contribution in [3.63, 3.8) is 0 Å². The molecule has 0 bridgehead atoms. The topological polar surface area (TPSA) is 0 Å². The summed E-state index contributed by atoms with van der Waals surface area (Å²) in [6.07, 6.45) is 7.70. The molecule has 1 aromatic carbocycles. The third-order valence-electron chi connectivity index (χ3n) is 3.18. The van der Waals surface area contributed by atoms with Gasteiger partial charge in [0.2, 0.25) is 0 Å². The van der Waals surface area contributed by atoms with Gasteiger partial charge in [0.1, 0.15) is 0 Å². The molecule has 0 nitrogen and oxygen atoms in total. The van der Waals surface area contributed by atoms with Gasteiger partial charge in [-0.25, -0.2) is 0 Å². The molecule has 1 heteroatoms. The first-order valence-electron chi connectivity index (χ1n) is 5.13. The minimum Gasteiger partial charge on any atom is -0.0801 e. The van der Waals surface area contributed by atoms with Gasteiger partial charge in [0.05, 0.1) is 0 Å². The van der Waals surface area contributed by atoms with Crippen molar-refractivity contribution in [3.05, 3.63) is 47.1 Å². The monoisotopic (exact) mass is 200 g/mol. The summed E-state index contributed by atoms with van der Waals surface area (Å²) in [5.74, 6) is 0. The zero-order valence-corrected chi connectivity index (χ0v) is 11.1. The highest BCUT2D eigenvalue weighted by atomic mass is 28.1. The highest BCUT2D eigenvalue weighted by Gasteiger charge is 2.08. The second kappa shape index (κ2) is 3.58. The lowest BCUT2D eigenvalue weighted by Gasteiger charge is -2.11. The van der Waals surface area contributed by atoms with Gasteiger partial charge in [-0.3, -0.25) is 0 Å². The van der Waals surface area contributed by atoms with Crippen molar-refractivity contribution in [1.82, 2.24) is 0 Å². The predicted molar refractivity (Wildman–Crippen MR) is 67.2 cm³/mol. The fourth-order valence-electron chi connectivity index (χ4n) is 1.95. The SMILES string of the molecule is Cc1c([SiH3])ccc(C2=CC=CC2)c1C. The first-order chi connectivity index (χ1) is 6.70. The maximum absolute atomic E-state index is 2.28. The van der Waals surface area contributed by atoms with Gasteiger partial charge in [-0.1, -0.05) is 35.5 Å². The van der Waals surface area contributed by atoms with Crippen LogP contribution < -0.4 is 5.19 Å². The summed E-state index contributed by atoms with van der Waals surface area (Å²) in [4.78, 5) is 0. The van der Waals surface area contributed by atoms with E-state index < -0.39 is 0 Å². The molecule has 14 heavy (non-hydrogen) atoms. The van der Waals surface area contributed by atoms with Crippen LogP contribution in [0.5, 0.6) is 0 Å². The van der Waals surface area contributed by atoms with Gasteiger partial charge in [0.25, 0.3) is 0 Å². The number of hydrogen-bond donors (Lipinski definition) is 0. The Labute approximate surface area is 88.8 Å². The van der Waals surface area contributed by atoms with E-state index in [2.05, 4.69) is 44.2 Å². The molecule has 0 radical (unpaired) electrons. The molecule has 72 valence electrons. The molecule has 0 saturated heterocycles. The zero-order chi connectivity index (χ0) is 10.1. The second-order valence-corrected chi connectivity index (χ2v) is 5.08. The Kier molecular flexibility index (Phi) is 2.42. The van der Waals surface area contributed by atoms with Gasteiger partial charge in [0.15, 0.2) is 0 Å². The second-order valence-electron chi connectivity index (χ2n) is 4.00. The van der Waals surface area contributed by atoms with Crippen molar-refractivity contribution in [2.45, 2.75) is 20.3 Å². The van der Waals surface area contributed by atoms with Crippen LogP contribution in [0.2, 0.25) is 0 Å². The molecule has 0 fully saturated rings. The van der Waals surface area contributed by atoms with E-state index in [1.165, 1.54) is 27.5 Å². The lowest BCUT2D eigenvalue weighted by Crippen LogP contribution is -2.09. The minimum atomic E-state index is 1.10.